The van der Waals surface area contributed by atoms with E-state index in [1.54, 1.807) is 43.3 Å². The molecule has 1 heterocycles. The summed E-state index contributed by atoms with van der Waals surface area (Å²) in [5.74, 6) is -0.551. The van der Waals surface area contributed by atoms with Crippen molar-refractivity contribution in [3.63, 3.8) is 0 Å². The molecule has 2 aromatic rings. The first-order chi connectivity index (χ1) is 13.0. The third-order valence-electron chi connectivity index (χ3n) is 4.41. The van der Waals surface area contributed by atoms with E-state index in [2.05, 4.69) is 0 Å². The zero-order valence-corrected chi connectivity index (χ0v) is 16.0. The topological polar surface area (TPSA) is 72.9 Å². The van der Waals surface area contributed by atoms with Gasteiger partial charge < -0.3 is 9.47 Å². The first-order valence-electron chi connectivity index (χ1n) is 8.99. The molecule has 7 heteroatoms. The highest BCUT2D eigenvalue weighted by atomic mass is 32.2. The van der Waals surface area contributed by atoms with E-state index in [1.165, 1.54) is 16.4 Å². The molecule has 0 saturated carbocycles. The molecular weight excluding hydrogens is 366 g/mol. The van der Waals surface area contributed by atoms with Gasteiger partial charge in [0.05, 0.1) is 22.3 Å². The van der Waals surface area contributed by atoms with Gasteiger partial charge in [0.25, 0.3) is 10.0 Å². The molecule has 1 aliphatic rings. The number of benzene rings is 2. The van der Waals surface area contributed by atoms with Crippen molar-refractivity contribution >= 4 is 21.7 Å². The van der Waals surface area contributed by atoms with Crippen LogP contribution in [0, 0.1) is 0 Å². The van der Waals surface area contributed by atoms with Crippen LogP contribution in [0.5, 0.6) is 0 Å². The lowest BCUT2D eigenvalue weighted by molar-refractivity contribution is 0.0161. The number of nitrogens with zero attached hydrogens (tertiary/aromatic N) is 1. The quantitative estimate of drug-likeness (QED) is 0.680. The van der Waals surface area contributed by atoms with Gasteiger partial charge in [0, 0.05) is 13.2 Å². The lowest BCUT2D eigenvalue weighted by atomic mass is 10.2. The minimum atomic E-state index is -3.79. The average Bonchev–Trinajstić information content (AvgIpc) is 3.21. The summed E-state index contributed by atoms with van der Waals surface area (Å²) >= 11 is 0. The zero-order chi connectivity index (χ0) is 19.3. The van der Waals surface area contributed by atoms with Gasteiger partial charge in [0.2, 0.25) is 0 Å². The smallest absolute Gasteiger partial charge is 0.338 e. The molecule has 1 saturated heterocycles. The van der Waals surface area contributed by atoms with Crippen LogP contribution in [-0.2, 0) is 19.5 Å². The molecule has 144 valence electrons. The third-order valence-corrected chi connectivity index (χ3v) is 6.31. The van der Waals surface area contributed by atoms with Crippen LogP contribution < -0.4 is 4.31 Å². The van der Waals surface area contributed by atoms with Gasteiger partial charge >= 0.3 is 5.97 Å². The van der Waals surface area contributed by atoms with Crippen molar-refractivity contribution in [2.75, 3.05) is 24.1 Å². The number of ether oxygens (including phenoxy) is 2. The Morgan fingerprint density at radius 2 is 1.96 bits per heavy atom. The van der Waals surface area contributed by atoms with Crippen LogP contribution in [0.3, 0.4) is 0 Å². The molecule has 0 radical (unpaired) electrons. The molecule has 0 spiro atoms. The summed E-state index contributed by atoms with van der Waals surface area (Å²) in [6.07, 6.45) is 1.75. The summed E-state index contributed by atoms with van der Waals surface area (Å²) < 4.78 is 38.1. The van der Waals surface area contributed by atoms with E-state index in [0.717, 1.165) is 12.8 Å². The Balaban J connectivity index is 1.79. The van der Waals surface area contributed by atoms with Crippen LogP contribution in [0.2, 0.25) is 0 Å². The molecule has 0 amide bonds. The lowest BCUT2D eigenvalue weighted by Crippen LogP contribution is -2.30. The van der Waals surface area contributed by atoms with Crippen LogP contribution in [0.1, 0.15) is 30.1 Å². The van der Waals surface area contributed by atoms with Gasteiger partial charge in [-0.05, 0) is 50.1 Å². The van der Waals surface area contributed by atoms with E-state index in [9.17, 15) is 13.2 Å². The van der Waals surface area contributed by atoms with E-state index >= 15 is 0 Å². The summed E-state index contributed by atoms with van der Waals surface area (Å²) in [6, 6.07) is 14.8. The predicted molar refractivity (Wildman–Crippen MR) is 102 cm³/mol. The Morgan fingerprint density at radius 1 is 1.19 bits per heavy atom. The Labute approximate surface area is 159 Å². The fraction of sp³-hybridized carbons (Fsp3) is 0.350. The molecule has 2 aromatic carbocycles. The third kappa shape index (κ3) is 4.48. The average molecular weight is 389 g/mol. The first-order valence-corrected chi connectivity index (χ1v) is 10.4. The SMILES string of the molecule is CCN(c1ccccc1)S(=O)(=O)c1cccc(C(=O)OC[C@@H]2CCCO2)c1. The number of carbonyl (C=O) groups is 1. The van der Waals surface area contributed by atoms with E-state index in [0.29, 0.717) is 12.3 Å². The van der Waals surface area contributed by atoms with Crippen molar-refractivity contribution < 1.29 is 22.7 Å². The molecule has 0 aromatic heterocycles. The normalized spacial score (nSPS) is 16.9. The number of hydrogen-bond acceptors (Lipinski definition) is 5. The Kier molecular flexibility index (Phi) is 6.13. The monoisotopic (exact) mass is 389 g/mol. The maximum absolute atomic E-state index is 13.1. The van der Waals surface area contributed by atoms with E-state index in [1.807, 2.05) is 6.07 Å². The number of hydrogen-bond donors (Lipinski definition) is 0. The van der Waals surface area contributed by atoms with Crippen LogP contribution >= 0.6 is 0 Å². The maximum atomic E-state index is 13.1. The molecule has 6 nitrogen and oxygen atoms in total. The minimum absolute atomic E-state index is 0.0553. The second-order valence-electron chi connectivity index (χ2n) is 6.27. The number of esters is 1. The Bertz CT molecular complexity index is 876. The fourth-order valence-corrected chi connectivity index (χ4v) is 4.54. The molecule has 0 bridgehead atoms. The van der Waals surface area contributed by atoms with E-state index in [-0.39, 0.29) is 29.7 Å². The van der Waals surface area contributed by atoms with Crippen molar-refractivity contribution in [3.8, 4) is 0 Å². The van der Waals surface area contributed by atoms with Crippen molar-refractivity contribution in [2.24, 2.45) is 0 Å². The van der Waals surface area contributed by atoms with Crippen molar-refractivity contribution in [1.29, 1.82) is 0 Å². The standard InChI is InChI=1S/C20H23NO5S/c1-2-21(17-9-4-3-5-10-17)27(23,24)19-12-6-8-16(14-19)20(22)26-15-18-11-7-13-25-18/h3-6,8-10,12,14,18H,2,7,11,13,15H2,1H3/t18-/m0/s1. The molecule has 0 unspecified atom stereocenters. The van der Waals surface area contributed by atoms with E-state index in [4.69, 9.17) is 9.47 Å². The number of carbonyl (C=O) groups excluding carboxylic acids is 1. The number of rotatable bonds is 7. The summed E-state index contributed by atoms with van der Waals surface area (Å²) in [7, 11) is -3.79. The zero-order valence-electron chi connectivity index (χ0n) is 15.2. The first kappa shape index (κ1) is 19.4. The highest BCUT2D eigenvalue weighted by Gasteiger charge is 2.25. The summed E-state index contributed by atoms with van der Waals surface area (Å²) in [5, 5.41) is 0. The van der Waals surface area contributed by atoms with Crippen LogP contribution in [-0.4, -0.2) is 40.2 Å². The number of sulfonamides is 1. The second kappa shape index (κ2) is 8.54. The van der Waals surface area contributed by atoms with Gasteiger partial charge in [-0.15, -0.1) is 0 Å². The van der Waals surface area contributed by atoms with E-state index < -0.39 is 16.0 Å². The van der Waals surface area contributed by atoms with Gasteiger partial charge in [-0.3, -0.25) is 4.31 Å². The highest BCUT2D eigenvalue weighted by molar-refractivity contribution is 7.92. The number of para-hydroxylation sites is 1. The molecular formula is C20H23NO5S. The van der Waals surface area contributed by atoms with Crippen LogP contribution in [0.15, 0.2) is 59.5 Å². The maximum Gasteiger partial charge on any atom is 0.338 e. The summed E-state index contributed by atoms with van der Waals surface area (Å²) in [5.41, 5.74) is 0.782. The Hall–Kier alpha value is -2.38. The van der Waals surface area contributed by atoms with Gasteiger partial charge in [0.1, 0.15) is 6.61 Å². The van der Waals surface area contributed by atoms with Crippen LogP contribution in [0.25, 0.3) is 0 Å². The summed E-state index contributed by atoms with van der Waals surface area (Å²) in [4.78, 5) is 12.4. The number of anilines is 1. The van der Waals surface area contributed by atoms with Crippen LogP contribution in [0.4, 0.5) is 5.69 Å². The van der Waals surface area contributed by atoms with Gasteiger partial charge in [0.15, 0.2) is 0 Å². The highest BCUT2D eigenvalue weighted by Crippen LogP contribution is 2.24. The van der Waals surface area contributed by atoms with Gasteiger partial charge in [-0.25, -0.2) is 13.2 Å². The van der Waals surface area contributed by atoms with Gasteiger partial charge in [-0.1, -0.05) is 24.3 Å². The largest absolute Gasteiger partial charge is 0.459 e. The summed E-state index contributed by atoms with van der Waals surface area (Å²) in [6.45, 7) is 2.91. The Morgan fingerprint density at radius 3 is 2.63 bits per heavy atom. The lowest BCUT2D eigenvalue weighted by Gasteiger charge is -2.23. The molecule has 0 N–H and O–H groups in total. The minimum Gasteiger partial charge on any atom is -0.459 e. The molecule has 1 aliphatic heterocycles. The fourth-order valence-electron chi connectivity index (χ4n) is 3.02. The molecule has 0 aliphatic carbocycles. The second-order valence-corrected chi connectivity index (χ2v) is 8.13. The van der Waals surface area contributed by atoms with Crippen molar-refractivity contribution in [2.45, 2.75) is 30.8 Å². The van der Waals surface area contributed by atoms with Crippen molar-refractivity contribution in [1.82, 2.24) is 0 Å². The van der Waals surface area contributed by atoms with Gasteiger partial charge in [-0.2, -0.15) is 0 Å². The molecule has 27 heavy (non-hydrogen) atoms. The molecule has 3 rings (SSSR count). The predicted octanol–water partition coefficient (Wildman–Crippen LogP) is 3.24. The molecule has 1 atom stereocenters. The van der Waals surface area contributed by atoms with Crippen molar-refractivity contribution in [3.05, 3.63) is 60.2 Å². The molecule has 1 fully saturated rings.